The zero-order valence-corrected chi connectivity index (χ0v) is 10.5. The molecular formula is C14H24N2. The van der Waals surface area contributed by atoms with Crippen LogP contribution in [0.5, 0.6) is 0 Å². The number of para-hydroxylation sites is 2. The van der Waals surface area contributed by atoms with Crippen LogP contribution in [-0.2, 0) is 0 Å². The molecule has 0 aliphatic heterocycles. The van der Waals surface area contributed by atoms with Crippen molar-refractivity contribution >= 4 is 11.4 Å². The molecular weight excluding hydrogens is 196 g/mol. The van der Waals surface area contributed by atoms with Gasteiger partial charge in [-0.1, -0.05) is 45.2 Å². The molecule has 1 aromatic carbocycles. The molecule has 2 heteroatoms. The summed E-state index contributed by atoms with van der Waals surface area (Å²) in [5, 5.41) is 3.56. The number of benzene rings is 1. The lowest BCUT2D eigenvalue weighted by atomic mass is 10.0. The SMILES string of the molecule is CCCC[C@H](CCC)Nc1ccccc1N. The monoisotopic (exact) mass is 220 g/mol. The third-order valence-corrected chi connectivity index (χ3v) is 2.86. The highest BCUT2D eigenvalue weighted by Gasteiger charge is 2.08. The van der Waals surface area contributed by atoms with Crippen LogP contribution in [0.2, 0.25) is 0 Å². The number of hydrogen-bond acceptors (Lipinski definition) is 2. The lowest BCUT2D eigenvalue weighted by molar-refractivity contribution is 0.564. The lowest BCUT2D eigenvalue weighted by Gasteiger charge is -2.20. The average Bonchev–Trinajstić information content (AvgIpc) is 2.29. The van der Waals surface area contributed by atoms with Crippen LogP contribution in [-0.4, -0.2) is 6.04 Å². The second-order valence-corrected chi connectivity index (χ2v) is 4.36. The van der Waals surface area contributed by atoms with E-state index in [1.807, 2.05) is 18.2 Å². The van der Waals surface area contributed by atoms with Crippen LogP contribution in [0.1, 0.15) is 46.0 Å². The topological polar surface area (TPSA) is 38.0 Å². The van der Waals surface area contributed by atoms with E-state index in [4.69, 9.17) is 5.73 Å². The van der Waals surface area contributed by atoms with Crippen LogP contribution in [0.25, 0.3) is 0 Å². The Morgan fingerprint density at radius 1 is 1.12 bits per heavy atom. The van der Waals surface area contributed by atoms with Gasteiger partial charge in [0.05, 0.1) is 11.4 Å². The van der Waals surface area contributed by atoms with Gasteiger partial charge in [-0.2, -0.15) is 0 Å². The van der Waals surface area contributed by atoms with Crippen LogP contribution >= 0.6 is 0 Å². The number of unbranched alkanes of at least 4 members (excludes halogenated alkanes) is 1. The summed E-state index contributed by atoms with van der Waals surface area (Å²) in [4.78, 5) is 0. The average molecular weight is 220 g/mol. The molecule has 0 saturated carbocycles. The number of hydrogen-bond donors (Lipinski definition) is 2. The second kappa shape index (κ2) is 7.15. The summed E-state index contributed by atoms with van der Waals surface area (Å²) in [6, 6.07) is 8.58. The molecule has 0 unspecified atom stereocenters. The summed E-state index contributed by atoms with van der Waals surface area (Å²) in [5.41, 5.74) is 7.86. The van der Waals surface area contributed by atoms with E-state index in [0.717, 1.165) is 11.4 Å². The third kappa shape index (κ3) is 4.13. The highest BCUT2D eigenvalue weighted by Crippen LogP contribution is 2.20. The van der Waals surface area contributed by atoms with E-state index in [-0.39, 0.29) is 0 Å². The molecule has 1 aromatic rings. The Labute approximate surface area is 99.2 Å². The van der Waals surface area contributed by atoms with Gasteiger partial charge < -0.3 is 11.1 Å². The van der Waals surface area contributed by atoms with Gasteiger partial charge in [0.1, 0.15) is 0 Å². The fraction of sp³-hybridized carbons (Fsp3) is 0.571. The molecule has 0 saturated heterocycles. The van der Waals surface area contributed by atoms with Crippen LogP contribution in [0.15, 0.2) is 24.3 Å². The molecule has 0 radical (unpaired) electrons. The van der Waals surface area contributed by atoms with Gasteiger partial charge in [-0.15, -0.1) is 0 Å². The molecule has 0 bridgehead atoms. The lowest BCUT2D eigenvalue weighted by Crippen LogP contribution is -2.19. The summed E-state index contributed by atoms with van der Waals surface area (Å²) < 4.78 is 0. The van der Waals surface area contributed by atoms with Crippen molar-refractivity contribution in [3.8, 4) is 0 Å². The number of nitrogens with two attached hydrogens (primary N) is 1. The van der Waals surface area contributed by atoms with Gasteiger partial charge in [0.2, 0.25) is 0 Å². The fourth-order valence-electron chi connectivity index (χ4n) is 1.94. The Morgan fingerprint density at radius 3 is 2.50 bits per heavy atom. The van der Waals surface area contributed by atoms with Crippen molar-refractivity contribution in [3.05, 3.63) is 24.3 Å². The molecule has 0 heterocycles. The normalized spacial score (nSPS) is 12.4. The van der Waals surface area contributed by atoms with Gasteiger partial charge in [0, 0.05) is 6.04 Å². The molecule has 0 aromatic heterocycles. The predicted octanol–water partition coefficient (Wildman–Crippen LogP) is 4.04. The fourth-order valence-corrected chi connectivity index (χ4v) is 1.94. The Hall–Kier alpha value is -1.18. The van der Waals surface area contributed by atoms with Crippen molar-refractivity contribution < 1.29 is 0 Å². The van der Waals surface area contributed by atoms with Crippen molar-refractivity contribution in [3.63, 3.8) is 0 Å². The molecule has 3 N–H and O–H groups in total. The van der Waals surface area contributed by atoms with Gasteiger partial charge in [0.25, 0.3) is 0 Å². The molecule has 2 nitrogen and oxygen atoms in total. The van der Waals surface area contributed by atoms with E-state index in [2.05, 4.69) is 25.2 Å². The summed E-state index contributed by atoms with van der Waals surface area (Å²) in [6.07, 6.45) is 6.21. The van der Waals surface area contributed by atoms with Gasteiger partial charge in [-0.25, -0.2) is 0 Å². The van der Waals surface area contributed by atoms with E-state index in [9.17, 15) is 0 Å². The molecule has 0 spiro atoms. The zero-order chi connectivity index (χ0) is 11.8. The Bertz CT molecular complexity index is 297. The van der Waals surface area contributed by atoms with Crippen molar-refractivity contribution in [2.75, 3.05) is 11.1 Å². The molecule has 1 rings (SSSR count). The highest BCUT2D eigenvalue weighted by molar-refractivity contribution is 5.65. The zero-order valence-electron chi connectivity index (χ0n) is 10.5. The van der Waals surface area contributed by atoms with Crippen LogP contribution in [0, 0.1) is 0 Å². The van der Waals surface area contributed by atoms with E-state index < -0.39 is 0 Å². The van der Waals surface area contributed by atoms with Gasteiger partial charge in [-0.05, 0) is 25.0 Å². The largest absolute Gasteiger partial charge is 0.397 e. The second-order valence-electron chi connectivity index (χ2n) is 4.36. The maximum atomic E-state index is 5.93. The maximum absolute atomic E-state index is 5.93. The molecule has 16 heavy (non-hydrogen) atoms. The first-order chi connectivity index (χ1) is 7.77. The van der Waals surface area contributed by atoms with E-state index >= 15 is 0 Å². The number of anilines is 2. The van der Waals surface area contributed by atoms with Crippen molar-refractivity contribution in [1.29, 1.82) is 0 Å². The molecule has 0 amide bonds. The minimum atomic E-state index is 0.564. The van der Waals surface area contributed by atoms with Crippen molar-refractivity contribution in [2.24, 2.45) is 0 Å². The minimum absolute atomic E-state index is 0.564. The summed E-state index contributed by atoms with van der Waals surface area (Å²) in [6.45, 7) is 4.47. The van der Waals surface area contributed by atoms with E-state index in [1.54, 1.807) is 0 Å². The third-order valence-electron chi connectivity index (χ3n) is 2.86. The highest BCUT2D eigenvalue weighted by atomic mass is 14.9. The van der Waals surface area contributed by atoms with Gasteiger partial charge >= 0.3 is 0 Å². The van der Waals surface area contributed by atoms with Gasteiger partial charge in [-0.3, -0.25) is 0 Å². The quantitative estimate of drug-likeness (QED) is 0.681. The first kappa shape index (κ1) is 12.9. The minimum Gasteiger partial charge on any atom is -0.397 e. The number of nitrogens with one attached hydrogen (secondary N) is 1. The van der Waals surface area contributed by atoms with E-state index in [0.29, 0.717) is 6.04 Å². The summed E-state index contributed by atoms with van der Waals surface area (Å²) in [7, 11) is 0. The van der Waals surface area contributed by atoms with Crippen LogP contribution in [0.4, 0.5) is 11.4 Å². The Balaban J connectivity index is 2.56. The van der Waals surface area contributed by atoms with Crippen molar-refractivity contribution in [1.82, 2.24) is 0 Å². The standard InChI is InChI=1S/C14H24N2/c1-3-5-9-12(8-4-2)16-14-11-7-6-10-13(14)15/h6-7,10-12,16H,3-5,8-9,15H2,1-2H3/t12-/m0/s1. The number of nitrogen functional groups attached to an aromatic ring is 1. The molecule has 0 aliphatic rings. The Kier molecular flexibility index (Phi) is 5.76. The first-order valence-corrected chi connectivity index (χ1v) is 6.39. The summed E-state index contributed by atoms with van der Waals surface area (Å²) in [5.74, 6) is 0. The molecule has 90 valence electrons. The van der Waals surface area contributed by atoms with E-state index in [1.165, 1.54) is 32.1 Å². The number of rotatable bonds is 7. The van der Waals surface area contributed by atoms with Crippen molar-refractivity contribution in [2.45, 2.75) is 52.0 Å². The van der Waals surface area contributed by atoms with Crippen LogP contribution < -0.4 is 11.1 Å². The molecule has 0 aliphatic carbocycles. The maximum Gasteiger partial charge on any atom is 0.0576 e. The predicted molar refractivity (Wildman–Crippen MR) is 72.7 cm³/mol. The smallest absolute Gasteiger partial charge is 0.0576 e. The molecule has 0 fully saturated rings. The first-order valence-electron chi connectivity index (χ1n) is 6.39. The molecule has 1 atom stereocenters. The van der Waals surface area contributed by atoms with Crippen LogP contribution in [0.3, 0.4) is 0 Å². The van der Waals surface area contributed by atoms with Gasteiger partial charge in [0.15, 0.2) is 0 Å². The Morgan fingerprint density at radius 2 is 1.88 bits per heavy atom. The summed E-state index contributed by atoms with van der Waals surface area (Å²) >= 11 is 0.